The third-order valence-corrected chi connectivity index (χ3v) is 3.80. The SMILES string of the molecule is COc1cc2nncc(-c3ccc(C(C)=O)c(F)c3)c2cc1OC. The molecule has 0 saturated heterocycles. The number of nitrogens with zero attached hydrogens (tertiary/aromatic N) is 2. The number of aromatic nitrogens is 2. The van der Waals surface area contributed by atoms with E-state index in [1.54, 1.807) is 31.5 Å². The molecule has 0 unspecified atom stereocenters. The normalized spacial score (nSPS) is 10.7. The molecule has 0 amide bonds. The lowest BCUT2D eigenvalue weighted by atomic mass is 10.00. The topological polar surface area (TPSA) is 61.3 Å². The van der Waals surface area contributed by atoms with Crippen molar-refractivity contribution < 1.29 is 18.7 Å². The van der Waals surface area contributed by atoms with Gasteiger partial charge in [0.25, 0.3) is 0 Å². The molecule has 0 fully saturated rings. The lowest BCUT2D eigenvalue weighted by Crippen LogP contribution is -1.98. The van der Waals surface area contributed by atoms with E-state index in [4.69, 9.17) is 9.47 Å². The molecule has 6 heteroatoms. The molecular weight excluding hydrogens is 311 g/mol. The van der Waals surface area contributed by atoms with Crippen LogP contribution in [-0.4, -0.2) is 30.2 Å². The summed E-state index contributed by atoms with van der Waals surface area (Å²) in [6.07, 6.45) is 1.55. The Hall–Kier alpha value is -3.02. The van der Waals surface area contributed by atoms with Gasteiger partial charge in [0, 0.05) is 17.0 Å². The maximum absolute atomic E-state index is 14.1. The lowest BCUT2D eigenvalue weighted by molar-refractivity contribution is 0.101. The largest absolute Gasteiger partial charge is 0.493 e. The zero-order valence-electron chi connectivity index (χ0n) is 13.5. The van der Waals surface area contributed by atoms with Crippen LogP contribution in [0.1, 0.15) is 17.3 Å². The Balaban J connectivity index is 2.23. The van der Waals surface area contributed by atoms with Crippen LogP contribution in [0, 0.1) is 5.82 Å². The fourth-order valence-corrected chi connectivity index (χ4v) is 2.58. The molecule has 0 N–H and O–H groups in total. The molecule has 2 aromatic carbocycles. The number of hydrogen-bond donors (Lipinski definition) is 0. The quantitative estimate of drug-likeness (QED) is 0.685. The van der Waals surface area contributed by atoms with Gasteiger partial charge in [-0.1, -0.05) is 6.07 Å². The van der Waals surface area contributed by atoms with Crippen LogP contribution in [0.4, 0.5) is 4.39 Å². The zero-order chi connectivity index (χ0) is 17.3. The Labute approximate surface area is 138 Å². The van der Waals surface area contributed by atoms with Gasteiger partial charge in [-0.05, 0) is 30.7 Å². The summed E-state index contributed by atoms with van der Waals surface area (Å²) in [5.74, 6) is 0.197. The highest BCUT2D eigenvalue weighted by atomic mass is 19.1. The number of ketones is 1. The van der Waals surface area contributed by atoms with E-state index in [1.165, 1.54) is 26.2 Å². The van der Waals surface area contributed by atoms with Crippen LogP contribution in [0.15, 0.2) is 36.5 Å². The van der Waals surface area contributed by atoms with Crippen molar-refractivity contribution in [2.75, 3.05) is 14.2 Å². The molecule has 0 atom stereocenters. The van der Waals surface area contributed by atoms with Gasteiger partial charge >= 0.3 is 0 Å². The number of rotatable bonds is 4. The van der Waals surface area contributed by atoms with Gasteiger partial charge in [-0.3, -0.25) is 4.79 Å². The molecule has 24 heavy (non-hydrogen) atoms. The summed E-state index contributed by atoms with van der Waals surface area (Å²) in [4.78, 5) is 11.4. The summed E-state index contributed by atoms with van der Waals surface area (Å²) >= 11 is 0. The molecule has 0 radical (unpaired) electrons. The highest BCUT2D eigenvalue weighted by molar-refractivity contribution is 5.98. The van der Waals surface area contributed by atoms with Crippen LogP contribution < -0.4 is 9.47 Å². The van der Waals surface area contributed by atoms with E-state index in [1.807, 2.05) is 0 Å². The molecule has 3 rings (SSSR count). The minimum atomic E-state index is -0.564. The fraction of sp³-hybridized carbons (Fsp3) is 0.167. The fourth-order valence-electron chi connectivity index (χ4n) is 2.58. The summed E-state index contributed by atoms with van der Waals surface area (Å²) in [6, 6.07) is 7.97. The van der Waals surface area contributed by atoms with Crippen LogP contribution >= 0.6 is 0 Å². The minimum Gasteiger partial charge on any atom is -0.493 e. The van der Waals surface area contributed by atoms with Crippen LogP contribution in [0.25, 0.3) is 22.0 Å². The number of fused-ring (bicyclic) bond motifs is 1. The van der Waals surface area contributed by atoms with Crippen LogP contribution in [-0.2, 0) is 0 Å². The van der Waals surface area contributed by atoms with E-state index in [9.17, 15) is 9.18 Å². The molecule has 1 aromatic heterocycles. The smallest absolute Gasteiger partial charge is 0.162 e. The highest BCUT2D eigenvalue weighted by Crippen LogP contribution is 2.35. The van der Waals surface area contributed by atoms with Crippen molar-refractivity contribution in [1.29, 1.82) is 0 Å². The zero-order valence-corrected chi connectivity index (χ0v) is 13.5. The Morgan fingerprint density at radius 3 is 2.42 bits per heavy atom. The Kier molecular flexibility index (Phi) is 4.12. The molecule has 0 saturated carbocycles. The number of carbonyl (C=O) groups excluding carboxylic acids is 1. The molecule has 122 valence electrons. The Bertz CT molecular complexity index is 941. The van der Waals surface area contributed by atoms with Crippen molar-refractivity contribution in [3.8, 4) is 22.6 Å². The first kappa shape index (κ1) is 15.9. The van der Waals surface area contributed by atoms with E-state index < -0.39 is 5.82 Å². The second-order valence-corrected chi connectivity index (χ2v) is 5.23. The second kappa shape index (κ2) is 6.23. The van der Waals surface area contributed by atoms with Crippen LogP contribution in [0.3, 0.4) is 0 Å². The standard InChI is InChI=1S/C18H15FN2O3/c1-10(22)12-5-4-11(6-15(12)19)14-9-20-21-16-8-18(24-3)17(23-2)7-13(14)16/h4-9H,1-3H3. The number of carbonyl (C=O) groups is 1. The summed E-state index contributed by atoms with van der Waals surface area (Å²) in [5.41, 5.74) is 1.95. The first-order valence-electron chi connectivity index (χ1n) is 7.23. The second-order valence-electron chi connectivity index (χ2n) is 5.23. The van der Waals surface area contributed by atoms with E-state index in [0.717, 1.165) is 5.39 Å². The molecule has 0 aliphatic rings. The molecule has 5 nitrogen and oxygen atoms in total. The van der Waals surface area contributed by atoms with Crippen LogP contribution in [0.5, 0.6) is 11.5 Å². The molecule has 0 bridgehead atoms. The van der Waals surface area contributed by atoms with Crippen molar-refractivity contribution in [2.45, 2.75) is 6.92 Å². The maximum atomic E-state index is 14.1. The monoisotopic (exact) mass is 326 g/mol. The van der Waals surface area contributed by atoms with Gasteiger partial charge in [-0.25, -0.2) is 4.39 Å². The van der Waals surface area contributed by atoms with Gasteiger partial charge < -0.3 is 9.47 Å². The average Bonchev–Trinajstić information content (AvgIpc) is 2.59. The molecule has 1 heterocycles. The van der Waals surface area contributed by atoms with Crippen molar-refractivity contribution in [2.24, 2.45) is 0 Å². The Morgan fingerprint density at radius 1 is 1.08 bits per heavy atom. The van der Waals surface area contributed by atoms with E-state index in [0.29, 0.717) is 28.1 Å². The molecule has 3 aromatic rings. The lowest BCUT2D eigenvalue weighted by Gasteiger charge is -2.11. The van der Waals surface area contributed by atoms with Gasteiger partial charge in [0.2, 0.25) is 0 Å². The highest BCUT2D eigenvalue weighted by Gasteiger charge is 2.14. The summed E-state index contributed by atoms with van der Waals surface area (Å²) in [7, 11) is 3.08. The summed E-state index contributed by atoms with van der Waals surface area (Å²) in [6.45, 7) is 1.33. The average molecular weight is 326 g/mol. The van der Waals surface area contributed by atoms with Crippen molar-refractivity contribution in [1.82, 2.24) is 10.2 Å². The maximum Gasteiger partial charge on any atom is 0.162 e. The van der Waals surface area contributed by atoms with Gasteiger partial charge in [0.15, 0.2) is 17.3 Å². The predicted octanol–water partition coefficient (Wildman–Crippen LogP) is 3.66. The summed E-state index contributed by atoms with van der Waals surface area (Å²) < 4.78 is 24.7. The number of methoxy groups -OCH3 is 2. The predicted molar refractivity (Wildman–Crippen MR) is 88.0 cm³/mol. The first-order valence-corrected chi connectivity index (χ1v) is 7.23. The van der Waals surface area contributed by atoms with Crippen LogP contribution in [0.2, 0.25) is 0 Å². The van der Waals surface area contributed by atoms with Crippen molar-refractivity contribution in [3.05, 3.63) is 47.9 Å². The molecule has 0 aliphatic heterocycles. The number of benzene rings is 2. The minimum absolute atomic E-state index is 0.0596. The molecule has 0 spiro atoms. The first-order chi connectivity index (χ1) is 11.5. The number of ether oxygens (including phenoxy) is 2. The van der Waals surface area contributed by atoms with Gasteiger partial charge in [0.05, 0.1) is 31.5 Å². The number of Topliss-reactive ketones (excluding diaryl/α,β-unsaturated/α-hetero) is 1. The van der Waals surface area contributed by atoms with E-state index in [-0.39, 0.29) is 11.3 Å². The molecule has 0 aliphatic carbocycles. The van der Waals surface area contributed by atoms with Gasteiger partial charge in [-0.15, -0.1) is 0 Å². The van der Waals surface area contributed by atoms with Gasteiger partial charge in [-0.2, -0.15) is 10.2 Å². The van der Waals surface area contributed by atoms with E-state index in [2.05, 4.69) is 10.2 Å². The van der Waals surface area contributed by atoms with Crippen molar-refractivity contribution in [3.63, 3.8) is 0 Å². The van der Waals surface area contributed by atoms with E-state index >= 15 is 0 Å². The van der Waals surface area contributed by atoms with Gasteiger partial charge in [0.1, 0.15) is 5.82 Å². The molecular formula is C18H15FN2O3. The third kappa shape index (κ3) is 2.67. The summed E-state index contributed by atoms with van der Waals surface area (Å²) in [5, 5.41) is 8.81. The Morgan fingerprint density at radius 2 is 1.79 bits per heavy atom. The van der Waals surface area contributed by atoms with Crippen molar-refractivity contribution >= 4 is 16.7 Å². The third-order valence-electron chi connectivity index (χ3n) is 3.80. The number of hydrogen-bond acceptors (Lipinski definition) is 5. The number of halogens is 1.